The minimum absolute atomic E-state index is 0.0520. The molecular formula is C53H49N5O6. The molecule has 64 heavy (non-hydrogen) atoms. The molecule has 7 aromatic rings. The van der Waals surface area contributed by atoms with Crippen LogP contribution in [-0.4, -0.2) is 80.0 Å². The second kappa shape index (κ2) is 16.0. The normalized spacial score (nSPS) is 16.1. The SMILES string of the molecule is CCn1ncc(C(=O)N2CCOCC2)c1C1=Cc2cc(OC)ccc2-c2c(C3CCCCC3)c3ccc(C(=O)c4cccc5c4C=CCn4c-5cc5ccc(C(=O)O)cc54)cc3n2C1. The van der Waals surface area contributed by atoms with Crippen LogP contribution in [-0.2, 0) is 24.4 Å². The Labute approximate surface area is 370 Å². The van der Waals surface area contributed by atoms with E-state index in [9.17, 15) is 14.7 Å². The Kier molecular flexibility index (Phi) is 9.95. The molecule has 1 saturated heterocycles. The Hall–Kier alpha value is -6.98. The summed E-state index contributed by atoms with van der Waals surface area (Å²) in [4.78, 5) is 43.2. The van der Waals surface area contributed by atoms with Gasteiger partial charge in [-0.2, -0.15) is 5.10 Å². The summed E-state index contributed by atoms with van der Waals surface area (Å²) in [5, 5.41) is 16.6. The Bertz CT molecular complexity index is 3130. The molecule has 0 spiro atoms. The molecule has 3 aliphatic heterocycles. The van der Waals surface area contributed by atoms with E-state index in [-0.39, 0.29) is 17.3 Å². The largest absolute Gasteiger partial charge is 0.497 e. The number of aromatic nitrogens is 4. The van der Waals surface area contributed by atoms with E-state index in [4.69, 9.17) is 14.6 Å². The van der Waals surface area contributed by atoms with Crippen LogP contribution in [0.15, 0.2) is 91.1 Å². The standard InChI is InChI=1S/C53H49N5O6/c1-3-58-49(44(30-54-58)52(60)55-21-23-64-24-22-55)37-25-36-26-38(63-2)17-19-39(36)50-48(32-9-5-4-6-10-32)43-18-16-34(28-47(43)57(50)31-37)51(59)42-12-7-11-41-40(42)13-8-20-56-45-29-35(53(61)62)15-14-33(45)27-46(41)56/h7-8,11-19,25-30,32H,3-6,9-10,20-24,31H2,1-2H3,(H,61,62). The molecular weight excluding hydrogens is 803 g/mol. The van der Waals surface area contributed by atoms with E-state index in [2.05, 4.69) is 52.5 Å². The summed E-state index contributed by atoms with van der Waals surface area (Å²) in [6.45, 7) is 5.70. The smallest absolute Gasteiger partial charge is 0.335 e. The summed E-state index contributed by atoms with van der Waals surface area (Å²) in [7, 11) is 1.69. The molecule has 11 rings (SSSR count). The van der Waals surface area contributed by atoms with Crippen LogP contribution in [0.4, 0.5) is 0 Å². The Balaban J connectivity index is 1.08. The molecule has 6 heterocycles. The molecule has 2 fully saturated rings. The molecule has 4 aromatic carbocycles. The monoisotopic (exact) mass is 851 g/mol. The molecule has 1 N–H and O–H groups in total. The number of hydrogen-bond donors (Lipinski definition) is 1. The van der Waals surface area contributed by atoms with Gasteiger partial charge >= 0.3 is 5.97 Å². The first-order valence-electron chi connectivity index (χ1n) is 22.5. The van der Waals surface area contributed by atoms with E-state index in [1.165, 1.54) is 24.8 Å². The van der Waals surface area contributed by atoms with E-state index < -0.39 is 5.97 Å². The minimum Gasteiger partial charge on any atom is -0.497 e. The molecule has 3 aromatic heterocycles. The van der Waals surface area contributed by atoms with Crippen LogP contribution in [0.5, 0.6) is 5.75 Å². The highest BCUT2D eigenvalue weighted by molar-refractivity contribution is 6.14. The van der Waals surface area contributed by atoms with Crippen molar-refractivity contribution in [2.75, 3.05) is 33.4 Å². The first-order valence-corrected chi connectivity index (χ1v) is 22.5. The lowest BCUT2D eigenvalue weighted by molar-refractivity contribution is 0.0302. The third kappa shape index (κ3) is 6.51. The molecule has 11 heteroatoms. The minimum atomic E-state index is -0.967. The number of benzene rings is 4. The van der Waals surface area contributed by atoms with Gasteiger partial charge in [0.05, 0.1) is 61.3 Å². The van der Waals surface area contributed by atoms with E-state index in [1.54, 1.807) is 25.4 Å². The average molecular weight is 852 g/mol. The highest BCUT2D eigenvalue weighted by atomic mass is 16.5. The molecule has 0 bridgehead atoms. The van der Waals surface area contributed by atoms with Crippen LogP contribution in [0.3, 0.4) is 0 Å². The number of allylic oxidation sites excluding steroid dienone is 2. The number of carboxylic acid groups (broad SMARTS) is 1. The summed E-state index contributed by atoms with van der Waals surface area (Å²) < 4.78 is 17.9. The number of methoxy groups -OCH3 is 1. The Morgan fingerprint density at radius 1 is 0.844 bits per heavy atom. The second-order valence-electron chi connectivity index (χ2n) is 17.4. The van der Waals surface area contributed by atoms with Crippen molar-refractivity contribution in [3.05, 3.63) is 136 Å². The van der Waals surface area contributed by atoms with Crippen molar-refractivity contribution in [3.8, 4) is 28.3 Å². The van der Waals surface area contributed by atoms with Crippen LogP contribution in [0.1, 0.15) is 104 Å². The van der Waals surface area contributed by atoms with Gasteiger partial charge in [0.2, 0.25) is 0 Å². The number of ether oxygens (including phenoxy) is 2. The lowest BCUT2D eigenvalue weighted by Gasteiger charge is -2.27. The van der Waals surface area contributed by atoms with E-state index >= 15 is 4.79 Å². The summed E-state index contributed by atoms with van der Waals surface area (Å²) in [5.74, 6) is 0.00162. The highest BCUT2D eigenvalue weighted by Crippen LogP contribution is 2.48. The van der Waals surface area contributed by atoms with Crippen molar-refractivity contribution in [1.82, 2.24) is 23.8 Å². The molecule has 1 aliphatic carbocycles. The summed E-state index contributed by atoms with van der Waals surface area (Å²) in [5.41, 5.74) is 12.8. The lowest BCUT2D eigenvalue weighted by Crippen LogP contribution is -2.41. The molecule has 0 radical (unpaired) electrons. The second-order valence-corrected chi connectivity index (χ2v) is 17.4. The average Bonchev–Trinajstić information content (AvgIpc) is 3.94. The number of carbonyl (C=O) groups excluding carboxylic acids is 2. The summed E-state index contributed by atoms with van der Waals surface area (Å²) >= 11 is 0. The van der Waals surface area contributed by atoms with Crippen LogP contribution in [0.2, 0.25) is 0 Å². The number of carbonyl (C=O) groups is 3. The van der Waals surface area contributed by atoms with Gasteiger partial charge in [0.1, 0.15) is 5.75 Å². The fourth-order valence-electron chi connectivity index (χ4n) is 10.8. The molecule has 1 saturated carbocycles. The van der Waals surface area contributed by atoms with Gasteiger partial charge in [-0.15, -0.1) is 0 Å². The van der Waals surface area contributed by atoms with Crippen molar-refractivity contribution >= 4 is 57.2 Å². The zero-order valence-corrected chi connectivity index (χ0v) is 36.1. The van der Waals surface area contributed by atoms with Gasteiger partial charge in [0.15, 0.2) is 5.78 Å². The predicted octanol–water partition coefficient (Wildman–Crippen LogP) is 10.2. The van der Waals surface area contributed by atoms with Gasteiger partial charge in [-0.1, -0.05) is 67.8 Å². The van der Waals surface area contributed by atoms with E-state index in [1.807, 2.05) is 58.1 Å². The van der Waals surface area contributed by atoms with Gasteiger partial charge in [-0.25, -0.2) is 4.79 Å². The third-order valence-electron chi connectivity index (χ3n) is 13.9. The summed E-state index contributed by atoms with van der Waals surface area (Å²) in [6, 6.07) is 25.7. The zero-order chi connectivity index (χ0) is 43.6. The molecule has 11 nitrogen and oxygen atoms in total. The van der Waals surface area contributed by atoms with Gasteiger partial charge in [0, 0.05) is 70.2 Å². The van der Waals surface area contributed by atoms with Gasteiger partial charge in [-0.3, -0.25) is 14.3 Å². The van der Waals surface area contributed by atoms with Crippen molar-refractivity contribution < 1.29 is 29.0 Å². The number of ketones is 1. The Morgan fingerprint density at radius 3 is 2.45 bits per heavy atom. The van der Waals surface area contributed by atoms with Crippen LogP contribution in [0.25, 0.3) is 62.0 Å². The number of rotatable bonds is 8. The number of hydrogen-bond acceptors (Lipinski definition) is 6. The van der Waals surface area contributed by atoms with Gasteiger partial charge in [0.25, 0.3) is 5.91 Å². The van der Waals surface area contributed by atoms with Crippen LogP contribution >= 0.6 is 0 Å². The fourth-order valence-corrected chi connectivity index (χ4v) is 10.8. The number of aryl methyl sites for hydroxylation is 1. The maximum atomic E-state index is 15.1. The van der Waals surface area contributed by atoms with Crippen molar-refractivity contribution in [2.45, 2.75) is 64.6 Å². The maximum Gasteiger partial charge on any atom is 0.335 e. The predicted molar refractivity (Wildman–Crippen MR) is 249 cm³/mol. The lowest BCUT2D eigenvalue weighted by atomic mass is 9.81. The van der Waals surface area contributed by atoms with Crippen LogP contribution < -0.4 is 4.74 Å². The van der Waals surface area contributed by atoms with E-state index in [0.717, 1.165) is 85.3 Å². The van der Waals surface area contributed by atoms with E-state index in [0.29, 0.717) is 68.5 Å². The molecule has 322 valence electrons. The number of amides is 1. The van der Waals surface area contributed by atoms with Gasteiger partial charge in [-0.05, 0) is 96.5 Å². The molecule has 0 unspecified atom stereocenters. The number of morpholine rings is 1. The third-order valence-corrected chi connectivity index (χ3v) is 13.9. The summed E-state index contributed by atoms with van der Waals surface area (Å²) in [6.07, 6.45) is 13.8. The number of carboxylic acids is 1. The fraction of sp³-hybridized carbons (Fsp3) is 0.283. The number of fused-ring (bicyclic) bond motifs is 10. The van der Waals surface area contributed by atoms with Crippen molar-refractivity contribution in [2.24, 2.45) is 0 Å². The quantitative estimate of drug-likeness (QED) is 0.151. The molecule has 4 aliphatic rings. The van der Waals surface area contributed by atoms with Crippen molar-refractivity contribution in [3.63, 3.8) is 0 Å². The van der Waals surface area contributed by atoms with Crippen LogP contribution in [0, 0.1) is 0 Å². The van der Waals surface area contributed by atoms with Gasteiger partial charge < -0.3 is 28.6 Å². The zero-order valence-electron chi connectivity index (χ0n) is 36.1. The maximum absolute atomic E-state index is 15.1. The highest BCUT2D eigenvalue weighted by Gasteiger charge is 2.33. The topological polar surface area (TPSA) is 121 Å². The van der Waals surface area contributed by atoms with Crippen molar-refractivity contribution in [1.29, 1.82) is 0 Å². The Morgan fingerprint density at radius 2 is 1.66 bits per heavy atom. The number of aromatic carboxylic acids is 1. The molecule has 1 amide bonds. The number of nitrogens with zero attached hydrogens (tertiary/aromatic N) is 5. The molecule has 0 atom stereocenters. The first-order chi connectivity index (χ1) is 31.3. The first kappa shape index (κ1) is 39.8.